The van der Waals surface area contributed by atoms with E-state index in [4.69, 9.17) is 4.52 Å². The van der Waals surface area contributed by atoms with E-state index < -0.39 is 15.9 Å². The molecule has 1 fully saturated rings. The molecule has 0 aliphatic carbocycles. The summed E-state index contributed by atoms with van der Waals surface area (Å²) in [7, 11) is -3.67. The Bertz CT molecular complexity index is 886. The third-order valence-electron chi connectivity index (χ3n) is 4.43. The van der Waals surface area contributed by atoms with Crippen LogP contribution in [0.15, 0.2) is 34.9 Å². The molecule has 0 spiro atoms. The fourth-order valence-electron chi connectivity index (χ4n) is 3.08. The van der Waals surface area contributed by atoms with Crippen molar-refractivity contribution in [1.82, 2.24) is 5.16 Å². The second-order valence-electron chi connectivity index (χ2n) is 6.71. The van der Waals surface area contributed by atoms with E-state index in [1.54, 1.807) is 6.92 Å². The van der Waals surface area contributed by atoms with Crippen LogP contribution >= 0.6 is 0 Å². The van der Waals surface area contributed by atoms with Crippen molar-refractivity contribution in [2.24, 2.45) is 0 Å². The monoisotopic (exact) mass is 392 g/mol. The number of benzene rings is 1. The third-order valence-corrected chi connectivity index (χ3v) is 5.55. The van der Waals surface area contributed by atoms with Crippen LogP contribution in [0.25, 0.3) is 0 Å². The standard InChI is InChI=1S/C18H24N4O4S/c1-14-12-17(20-26-14)22(27(2,24)25)13-18(23)19-15-6-8-16(9-7-15)21-10-4-3-5-11-21/h6-9,12H,3-5,10-11,13H2,1-2H3,(H,19,23). The maximum atomic E-state index is 12.4. The summed E-state index contributed by atoms with van der Waals surface area (Å²) in [6, 6.07) is 9.06. The van der Waals surface area contributed by atoms with E-state index in [0.29, 0.717) is 11.4 Å². The molecule has 0 radical (unpaired) electrons. The van der Waals surface area contributed by atoms with E-state index in [0.717, 1.165) is 29.3 Å². The molecule has 2 heterocycles. The number of carbonyl (C=O) groups excluding carboxylic acids is 1. The van der Waals surface area contributed by atoms with Crippen LogP contribution in [-0.4, -0.2) is 45.4 Å². The average molecular weight is 392 g/mol. The van der Waals surface area contributed by atoms with Gasteiger partial charge in [0.25, 0.3) is 0 Å². The topological polar surface area (TPSA) is 95.8 Å². The number of carbonyl (C=O) groups is 1. The van der Waals surface area contributed by atoms with Crippen LogP contribution in [0, 0.1) is 6.92 Å². The number of aromatic nitrogens is 1. The first-order valence-electron chi connectivity index (χ1n) is 8.89. The lowest BCUT2D eigenvalue weighted by Gasteiger charge is -2.28. The quantitative estimate of drug-likeness (QED) is 0.811. The number of nitrogens with zero attached hydrogens (tertiary/aromatic N) is 3. The van der Waals surface area contributed by atoms with Crippen molar-refractivity contribution < 1.29 is 17.7 Å². The highest BCUT2D eigenvalue weighted by Crippen LogP contribution is 2.22. The van der Waals surface area contributed by atoms with Crippen molar-refractivity contribution in [3.8, 4) is 0 Å². The lowest BCUT2D eigenvalue weighted by Crippen LogP contribution is -2.37. The van der Waals surface area contributed by atoms with Gasteiger partial charge >= 0.3 is 0 Å². The summed E-state index contributed by atoms with van der Waals surface area (Å²) in [4.78, 5) is 14.7. The molecular formula is C18H24N4O4S. The Labute approximate surface area is 159 Å². The van der Waals surface area contributed by atoms with Gasteiger partial charge in [-0.3, -0.25) is 4.79 Å². The summed E-state index contributed by atoms with van der Waals surface area (Å²) >= 11 is 0. The van der Waals surface area contributed by atoms with Crippen LogP contribution in [0.5, 0.6) is 0 Å². The zero-order valence-corrected chi connectivity index (χ0v) is 16.3. The first-order valence-corrected chi connectivity index (χ1v) is 10.7. The van der Waals surface area contributed by atoms with Crippen molar-refractivity contribution in [3.63, 3.8) is 0 Å². The highest BCUT2D eigenvalue weighted by atomic mass is 32.2. The van der Waals surface area contributed by atoms with E-state index >= 15 is 0 Å². The summed E-state index contributed by atoms with van der Waals surface area (Å²) in [5.74, 6) is 0.102. The van der Waals surface area contributed by atoms with E-state index in [2.05, 4.69) is 15.4 Å². The molecule has 0 atom stereocenters. The minimum atomic E-state index is -3.67. The van der Waals surface area contributed by atoms with Gasteiger partial charge < -0.3 is 14.7 Å². The summed E-state index contributed by atoms with van der Waals surface area (Å²) in [5.41, 5.74) is 1.74. The molecule has 3 rings (SSSR count). The second kappa shape index (κ2) is 7.99. The summed E-state index contributed by atoms with van der Waals surface area (Å²) in [6.07, 6.45) is 4.69. The molecule has 0 saturated carbocycles. The fourth-order valence-corrected chi connectivity index (χ4v) is 3.86. The van der Waals surface area contributed by atoms with Gasteiger partial charge in [0.15, 0.2) is 5.82 Å². The lowest BCUT2D eigenvalue weighted by atomic mass is 10.1. The molecule has 0 bridgehead atoms. The molecule has 146 valence electrons. The molecule has 0 unspecified atom stereocenters. The number of amides is 1. The number of nitrogens with one attached hydrogen (secondary N) is 1. The molecule has 8 nitrogen and oxygen atoms in total. The lowest BCUT2D eigenvalue weighted by molar-refractivity contribution is -0.114. The Kier molecular flexibility index (Phi) is 5.69. The predicted octanol–water partition coefficient (Wildman–Crippen LogP) is 2.38. The van der Waals surface area contributed by atoms with Crippen LogP contribution < -0.4 is 14.5 Å². The minimum Gasteiger partial charge on any atom is -0.372 e. The second-order valence-corrected chi connectivity index (χ2v) is 8.61. The molecule has 9 heteroatoms. The summed E-state index contributed by atoms with van der Waals surface area (Å²) in [6.45, 7) is 3.37. The molecule has 1 N–H and O–H groups in total. The van der Waals surface area contributed by atoms with Crippen molar-refractivity contribution in [3.05, 3.63) is 36.1 Å². The molecule has 1 saturated heterocycles. The minimum absolute atomic E-state index is 0.0885. The molecule has 1 aromatic heterocycles. The van der Waals surface area contributed by atoms with Crippen molar-refractivity contribution in [2.45, 2.75) is 26.2 Å². The van der Waals surface area contributed by atoms with Crippen LogP contribution in [0.3, 0.4) is 0 Å². The van der Waals surface area contributed by atoms with E-state index in [1.165, 1.54) is 25.3 Å². The van der Waals surface area contributed by atoms with Gasteiger partial charge in [-0.15, -0.1) is 0 Å². The first kappa shape index (κ1) is 19.2. The Balaban J connectivity index is 1.65. The van der Waals surface area contributed by atoms with Crippen LogP contribution in [0.1, 0.15) is 25.0 Å². The van der Waals surface area contributed by atoms with Gasteiger partial charge in [0.2, 0.25) is 15.9 Å². The zero-order chi connectivity index (χ0) is 19.4. The SMILES string of the molecule is Cc1cc(N(CC(=O)Nc2ccc(N3CCCCC3)cc2)S(C)(=O)=O)no1. The Hall–Kier alpha value is -2.55. The fraction of sp³-hybridized carbons (Fsp3) is 0.444. The van der Waals surface area contributed by atoms with Gasteiger partial charge in [0.1, 0.15) is 12.3 Å². The van der Waals surface area contributed by atoms with E-state index in [1.807, 2.05) is 24.3 Å². The Morgan fingerprint density at radius 2 is 1.89 bits per heavy atom. The predicted molar refractivity (Wildman–Crippen MR) is 105 cm³/mol. The number of anilines is 3. The van der Waals surface area contributed by atoms with Gasteiger partial charge in [0, 0.05) is 30.5 Å². The van der Waals surface area contributed by atoms with E-state index in [-0.39, 0.29) is 12.4 Å². The van der Waals surface area contributed by atoms with Crippen LogP contribution in [-0.2, 0) is 14.8 Å². The van der Waals surface area contributed by atoms with Gasteiger partial charge in [-0.2, -0.15) is 0 Å². The van der Waals surface area contributed by atoms with Gasteiger partial charge in [-0.05, 0) is 50.5 Å². The van der Waals surface area contributed by atoms with Gasteiger partial charge in [0.05, 0.1) is 6.26 Å². The third kappa shape index (κ3) is 5.00. The molecule has 27 heavy (non-hydrogen) atoms. The maximum absolute atomic E-state index is 12.4. The molecule has 1 aromatic carbocycles. The van der Waals surface area contributed by atoms with Crippen molar-refractivity contribution in [2.75, 3.05) is 40.4 Å². The normalized spacial score (nSPS) is 14.8. The molecule has 1 aliphatic heterocycles. The largest absolute Gasteiger partial charge is 0.372 e. The van der Waals surface area contributed by atoms with Gasteiger partial charge in [-0.1, -0.05) is 5.16 Å². The molecule has 2 aromatic rings. The van der Waals surface area contributed by atoms with Gasteiger partial charge in [-0.25, -0.2) is 12.7 Å². The van der Waals surface area contributed by atoms with Crippen molar-refractivity contribution in [1.29, 1.82) is 0 Å². The zero-order valence-electron chi connectivity index (χ0n) is 15.5. The average Bonchev–Trinajstić information content (AvgIpc) is 3.06. The summed E-state index contributed by atoms with van der Waals surface area (Å²) < 4.78 is 29.9. The number of hydrogen-bond donors (Lipinski definition) is 1. The first-order chi connectivity index (χ1) is 12.8. The Morgan fingerprint density at radius 1 is 1.22 bits per heavy atom. The van der Waals surface area contributed by atoms with E-state index in [9.17, 15) is 13.2 Å². The number of rotatable bonds is 6. The number of piperidine rings is 1. The highest BCUT2D eigenvalue weighted by molar-refractivity contribution is 7.92. The molecular weight excluding hydrogens is 368 g/mol. The van der Waals surface area contributed by atoms with Crippen molar-refractivity contribution >= 4 is 33.1 Å². The number of aryl methyl sites for hydroxylation is 1. The smallest absolute Gasteiger partial charge is 0.245 e. The molecule has 1 amide bonds. The van der Waals surface area contributed by atoms with Crippen LogP contribution in [0.4, 0.5) is 17.2 Å². The Morgan fingerprint density at radius 3 is 2.44 bits per heavy atom. The maximum Gasteiger partial charge on any atom is 0.245 e. The number of hydrogen-bond acceptors (Lipinski definition) is 6. The van der Waals surface area contributed by atoms with Crippen LogP contribution in [0.2, 0.25) is 0 Å². The molecule has 1 aliphatic rings. The number of sulfonamides is 1. The highest BCUT2D eigenvalue weighted by Gasteiger charge is 2.24. The summed E-state index contributed by atoms with van der Waals surface area (Å²) in [5, 5.41) is 6.42.